The van der Waals surface area contributed by atoms with E-state index < -0.39 is 0 Å². The number of benzene rings is 8. The molecule has 4 unspecified atom stereocenters. The number of anilines is 6. The van der Waals surface area contributed by atoms with Crippen molar-refractivity contribution in [3.05, 3.63) is 238 Å². The molecule has 0 bridgehead atoms. The van der Waals surface area contributed by atoms with Gasteiger partial charge in [-0.15, -0.1) is 0 Å². The number of hydrogen-bond donors (Lipinski definition) is 0. The van der Waals surface area contributed by atoms with E-state index >= 15 is 0 Å². The molecule has 6 heteroatoms. The van der Waals surface area contributed by atoms with Crippen molar-refractivity contribution in [3.8, 4) is 11.1 Å². The van der Waals surface area contributed by atoms with Gasteiger partial charge in [-0.25, -0.2) is 0 Å². The fourth-order valence-corrected chi connectivity index (χ4v) is 9.39. The zero-order valence-corrected chi connectivity index (χ0v) is 31.5. The van der Waals surface area contributed by atoms with Crippen LogP contribution in [0.3, 0.4) is 0 Å². The number of rotatable bonds is 3. The maximum atomic E-state index is 5.31. The average molecular weight is 745 g/mol. The molecule has 0 amide bonds. The van der Waals surface area contributed by atoms with Gasteiger partial charge in [0, 0.05) is 33.6 Å². The standard InChI is InChI=1S/C52H36N6/c1-9-21-45-37(13-1)49-50(54-42-18-6-5-17-41(42)53-49)38-14-2-10-22-46(38)57(45)35-29-25-33(26-30-35)34-27-31-36(32-28-34)58-47-23-11-3-15-39(47)51-52(40-16-4-12-24-48(40)58)56-44-20-8-7-19-43(44)55-51/h1-32,49-52H. The van der Waals surface area contributed by atoms with Crippen LogP contribution in [0.15, 0.2) is 214 Å². The molecular weight excluding hydrogens is 709 g/mol. The monoisotopic (exact) mass is 744 g/mol. The van der Waals surface area contributed by atoms with Crippen LogP contribution in [0.5, 0.6) is 0 Å². The van der Waals surface area contributed by atoms with E-state index in [1.165, 1.54) is 22.3 Å². The lowest BCUT2D eigenvalue weighted by molar-refractivity contribution is 0.541. The van der Waals surface area contributed by atoms with Gasteiger partial charge in [-0.05, 0) is 83.9 Å². The first-order valence-electron chi connectivity index (χ1n) is 19.9. The summed E-state index contributed by atoms with van der Waals surface area (Å²) in [7, 11) is 0. The van der Waals surface area contributed by atoms with Crippen molar-refractivity contribution in [1.29, 1.82) is 0 Å². The van der Waals surface area contributed by atoms with Crippen LogP contribution in [-0.4, -0.2) is 0 Å². The highest BCUT2D eigenvalue weighted by Crippen LogP contribution is 2.53. The highest BCUT2D eigenvalue weighted by atomic mass is 15.2. The van der Waals surface area contributed by atoms with Gasteiger partial charge in [-0.3, -0.25) is 20.0 Å². The predicted molar refractivity (Wildman–Crippen MR) is 230 cm³/mol. The summed E-state index contributed by atoms with van der Waals surface area (Å²) < 4.78 is 0. The molecule has 4 atom stereocenters. The zero-order chi connectivity index (χ0) is 38.2. The second-order valence-electron chi connectivity index (χ2n) is 15.3. The van der Waals surface area contributed by atoms with Gasteiger partial charge in [0.1, 0.15) is 24.2 Å². The Morgan fingerprint density at radius 3 is 0.776 bits per heavy atom. The Hall–Kier alpha value is -7.44. The van der Waals surface area contributed by atoms with Crippen molar-refractivity contribution >= 4 is 34.1 Å². The van der Waals surface area contributed by atoms with Crippen molar-refractivity contribution < 1.29 is 0 Å². The molecule has 8 aromatic carbocycles. The molecule has 0 radical (unpaired) electrons. The van der Waals surface area contributed by atoms with Gasteiger partial charge in [0.15, 0.2) is 0 Å². The predicted octanol–water partition coefficient (Wildman–Crippen LogP) is 10.4. The van der Waals surface area contributed by atoms with Crippen molar-refractivity contribution in [3.63, 3.8) is 0 Å². The number of nitrogens with zero attached hydrogens (tertiary/aromatic N) is 6. The molecule has 6 nitrogen and oxygen atoms in total. The van der Waals surface area contributed by atoms with Gasteiger partial charge >= 0.3 is 0 Å². The second-order valence-corrected chi connectivity index (χ2v) is 15.3. The second kappa shape index (κ2) is 13.1. The van der Waals surface area contributed by atoms with Crippen molar-refractivity contribution in [2.75, 3.05) is 9.80 Å². The number of hydrogen-bond acceptors (Lipinski definition) is 6. The molecule has 0 aromatic heterocycles. The lowest BCUT2D eigenvalue weighted by Gasteiger charge is -2.28. The summed E-state index contributed by atoms with van der Waals surface area (Å²) in [6.45, 7) is 0. The van der Waals surface area contributed by atoms with Crippen LogP contribution in [-0.2, 0) is 0 Å². The lowest BCUT2D eigenvalue weighted by atomic mass is 9.93. The van der Waals surface area contributed by atoms with E-state index in [0.717, 1.165) is 66.7 Å². The molecule has 4 heterocycles. The third-order valence-electron chi connectivity index (χ3n) is 12.0. The van der Waals surface area contributed by atoms with Crippen molar-refractivity contribution in [2.45, 2.75) is 24.2 Å². The van der Waals surface area contributed by atoms with Crippen molar-refractivity contribution in [1.82, 2.24) is 0 Å². The Bertz CT molecular complexity index is 2790. The van der Waals surface area contributed by atoms with Gasteiger partial charge in [-0.2, -0.15) is 0 Å². The van der Waals surface area contributed by atoms with Crippen LogP contribution in [0.25, 0.3) is 11.1 Å². The van der Waals surface area contributed by atoms with Gasteiger partial charge in [0.05, 0.1) is 44.2 Å². The first-order valence-corrected chi connectivity index (χ1v) is 19.9. The van der Waals surface area contributed by atoms with Gasteiger partial charge in [-0.1, -0.05) is 121 Å². The average Bonchev–Trinajstić information content (AvgIpc) is 3.49. The minimum Gasteiger partial charge on any atom is -0.310 e. The minimum absolute atomic E-state index is 0.123. The molecule has 0 fully saturated rings. The smallest absolute Gasteiger partial charge is 0.104 e. The first kappa shape index (κ1) is 32.8. The highest BCUT2D eigenvalue weighted by molar-refractivity contribution is 5.85. The van der Waals surface area contributed by atoms with Crippen molar-refractivity contribution in [2.24, 2.45) is 20.0 Å². The maximum Gasteiger partial charge on any atom is 0.104 e. The van der Waals surface area contributed by atoms with E-state index in [1.807, 2.05) is 24.3 Å². The van der Waals surface area contributed by atoms with E-state index in [-0.39, 0.29) is 24.2 Å². The topological polar surface area (TPSA) is 55.9 Å². The molecule has 58 heavy (non-hydrogen) atoms. The SMILES string of the molecule is c1ccc2c(c1)C1N=c3ccccc3=NC1c1ccccc1N2c1ccc(-c2ccc(N3c4ccccc4C4N=c5ccccc5=NC4c4ccccc43)cc2)cc1. The summed E-state index contributed by atoms with van der Waals surface area (Å²) in [6, 6.07) is 68.5. The quantitative estimate of drug-likeness (QED) is 0.181. The van der Waals surface area contributed by atoms with E-state index in [0.29, 0.717) is 0 Å². The zero-order valence-electron chi connectivity index (χ0n) is 31.5. The maximum absolute atomic E-state index is 5.31. The van der Waals surface area contributed by atoms with Gasteiger partial charge < -0.3 is 9.80 Å². The third kappa shape index (κ3) is 5.11. The Morgan fingerprint density at radius 1 is 0.259 bits per heavy atom. The summed E-state index contributed by atoms with van der Waals surface area (Å²) in [4.78, 5) is 26.0. The molecular formula is C52H36N6. The van der Waals surface area contributed by atoms with E-state index in [4.69, 9.17) is 20.0 Å². The van der Waals surface area contributed by atoms with Gasteiger partial charge in [0.2, 0.25) is 0 Å². The Labute approximate surface area is 335 Å². The molecule has 8 aromatic rings. The molecule has 0 saturated heterocycles. The molecule has 0 N–H and O–H groups in total. The molecule has 12 rings (SSSR count). The summed E-state index contributed by atoms with van der Waals surface area (Å²) in [5.74, 6) is 0. The molecule has 0 saturated carbocycles. The molecule has 0 spiro atoms. The summed E-state index contributed by atoms with van der Waals surface area (Å²) in [6.07, 6.45) is 0. The van der Waals surface area contributed by atoms with Crippen LogP contribution in [0.2, 0.25) is 0 Å². The largest absolute Gasteiger partial charge is 0.310 e. The summed E-state index contributed by atoms with van der Waals surface area (Å²) in [5, 5.41) is 3.77. The van der Waals surface area contributed by atoms with Crippen LogP contribution in [0, 0.1) is 0 Å². The third-order valence-corrected chi connectivity index (χ3v) is 12.0. The van der Waals surface area contributed by atoms with Crippen LogP contribution in [0.1, 0.15) is 46.4 Å². The number of fused-ring (bicyclic) bond motifs is 12. The summed E-state index contributed by atoms with van der Waals surface area (Å²) >= 11 is 0. The highest BCUT2D eigenvalue weighted by Gasteiger charge is 2.37. The van der Waals surface area contributed by atoms with Crippen LogP contribution < -0.4 is 31.2 Å². The lowest BCUT2D eigenvalue weighted by Crippen LogP contribution is -2.32. The fourth-order valence-electron chi connectivity index (χ4n) is 9.39. The van der Waals surface area contributed by atoms with Crippen LogP contribution in [0.4, 0.5) is 34.1 Å². The molecule has 0 aliphatic carbocycles. The minimum atomic E-state index is -0.123. The van der Waals surface area contributed by atoms with Crippen LogP contribution >= 0.6 is 0 Å². The van der Waals surface area contributed by atoms with E-state index in [9.17, 15) is 0 Å². The molecule has 4 aliphatic rings. The van der Waals surface area contributed by atoms with Gasteiger partial charge in [0.25, 0.3) is 0 Å². The Kier molecular flexibility index (Phi) is 7.38. The normalized spacial score (nSPS) is 19.2. The Morgan fingerprint density at radius 2 is 0.500 bits per heavy atom. The first-order chi connectivity index (χ1) is 28.8. The van der Waals surface area contributed by atoms with E-state index in [1.54, 1.807) is 0 Å². The number of para-hydroxylation sites is 8. The fraction of sp³-hybridized carbons (Fsp3) is 0.0769. The molecule has 4 aliphatic heterocycles. The Balaban J connectivity index is 0.923. The molecule has 274 valence electrons. The van der Waals surface area contributed by atoms with E-state index in [2.05, 4.69) is 180 Å². The summed E-state index contributed by atoms with van der Waals surface area (Å²) in [5.41, 5.74) is 13.7.